The van der Waals surface area contributed by atoms with Gasteiger partial charge in [-0.25, -0.2) is 4.83 Å². The second kappa shape index (κ2) is 5.92. The molecule has 0 atom stereocenters. The summed E-state index contributed by atoms with van der Waals surface area (Å²) in [5, 5.41) is 4.25. The van der Waals surface area contributed by atoms with Gasteiger partial charge in [-0.15, -0.1) is 0 Å². The third-order valence-corrected chi connectivity index (χ3v) is 6.05. The summed E-state index contributed by atoms with van der Waals surface area (Å²) in [5.41, 5.74) is 2.07. The number of sulfonamides is 1. The number of rotatable bonds is 6. The number of nitrogens with one attached hydrogen (secondary N) is 1. The van der Waals surface area contributed by atoms with E-state index >= 15 is 0 Å². The van der Waals surface area contributed by atoms with Crippen molar-refractivity contribution in [1.82, 2.24) is 4.83 Å². The van der Waals surface area contributed by atoms with Crippen LogP contribution in [0.15, 0.2) is 34.3 Å². The minimum absolute atomic E-state index is 0.264. The van der Waals surface area contributed by atoms with Gasteiger partial charge in [-0.2, -0.15) is 13.5 Å². The number of nitrogens with zero attached hydrogens (tertiary/aromatic N) is 1. The highest BCUT2D eigenvalue weighted by atomic mass is 32.2. The highest BCUT2D eigenvalue weighted by Gasteiger charge is 2.31. The van der Waals surface area contributed by atoms with Crippen LogP contribution in [0.25, 0.3) is 0 Å². The van der Waals surface area contributed by atoms with Crippen LogP contribution in [0.3, 0.4) is 0 Å². The Bertz CT molecular complexity index is 627. The number of hydrazone groups is 1. The maximum absolute atomic E-state index is 12.2. The van der Waals surface area contributed by atoms with Crippen molar-refractivity contribution >= 4 is 23.8 Å². The number of hydrogen-bond acceptors (Lipinski definition) is 3. The Morgan fingerprint density at radius 3 is 2.29 bits per heavy atom. The Morgan fingerprint density at radius 2 is 1.81 bits per heavy atom. The quantitative estimate of drug-likeness (QED) is 0.495. The fourth-order valence-corrected chi connectivity index (χ4v) is 4.42. The molecule has 0 bridgehead atoms. The molecule has 0 radical (unpaired) electrons. The topological polar surface area (TPSA) is 58.5 Å². The minimum atomic E-state index is -3.56. The van der Waals surface area contributed by atoms with E-state index in [0.717, 1.165) is 30.2 Å². The van der Waals surface area contributed by atoms with Crippen molar-refractivity contribution in [2.45, 2.75) is 50.3 Å². The molecule has 0 amide bonds. The van der Waals surface area contributed by atoms with Gasteiger partial charge in [-0.3, -0.25) is 0 Å². The normalized spacial score (nSPS) is 16.9. The van der Waals surface area contributed by atoms with Crippen LogP contribution < -0.4 is 4.83 Å². The second-order valence-electron chi connectivity index (χ2n) is 7.02. The molecule has 6 heteroatoms. The Balaban J connectivity index is 2.14. The maximum atomic E-state index is 12.2. The van der Waals surface area contributed by atoms with Crippen molar-refractivity contribution < 1.29 is 8.42 Å². The van der Waals surface area contributed by atoms with Gasteiger partial charge >= 0.3 is 0 Å². The van der Waals surface area contributed by atoms with E-state index in [2.05, 4.69) is 29.6 Å². The van der Waals surface area contributed by atoms with Crippen molar-refractivity contribution in [3.05, 3.63) is 29.8 Å². The Labute approximate surface area is 128 Å². The SMILES string of the molecule is Cc1ccc(S(=O)(=O)N/N=C(\C[Si](C)(C)C)C2CC2)cc1. The first kappa shape index (κ1) is 16.2. The van der Waals surface area contributed by atoms with E-state index in [4.69, 9.17) is 0 Å². The van der Waals surface area contributed by atoms with Crippen molar-refractivity contribution in [2.75, 3.05) is 0 Å². The zero-order chi connectivity index (χ0) is 15.7. The number of benzene rings is 1. The van der Waals surface area contributed by atoms with Gasteiger partial charge in [0.15, 0.2) is 0 Å². The molecule has 1 aliphatic carbocycles. The van der Waals surface area contributed by atoms with E-state index in [1.165, 1.54) is 0 Å². The summed E-state index contributed by atoms with van der Waals surface area (Å²) in [6.45, 7) is 8.76. The number of hydrogen-bond donors (Lipinski definition) is 1. The van der Waals surface area contributed by atoms with Crippen LogP contribution in [-0.4, -0.2) is 22.2 Å². The molecule has 0 spiro atoms. The van der Waals surface area contributed by atoms with Gasteiger partial charge in [-0.1, -0.05) is 37.3 Å². The molecule has 0 saturated heterocycles. The van der Waals surface area contributed by atoms with Crippen LogP contribution >= 0.6 is 0 Å². The van der Waals surface area contributed by atoms with Gasteiger partial charge in [0.05, 0.1) is 13.0 Å². The summed E-state index contributed by atoms with van der Waals surface area (Å²) >= 11 is 0. The van der Waals surface area contributed by atoms with Gasteiger partial charge in [0.25, 0.3) is 10.0 Å². The highest BCUT2D eigenvalue weighted by molar-refractivity contribution is 7.89. The minimum Gasteiger partial charge on any atom is -0.200 e. The predicted octanol–water partition coefficient (Wildman–Crippen LogP) is 3.38. The van der Waals surface area contributed by atoms with E-state index in [1.54, 1.807) is 24.3 Å². The van der Waals surface area contributed by atoms with Crippen LogP contribution in [-0.2, 0) is 10.0 Å². The lowest BCUT2D eigenvalue weighted by atomic mass is 10.2. The Morgan fingerprint density at radius 1 is 1.24 bits per heavy atom. The number of aryl methyl sites for hydroxylation is 1. The summed E-state index contributed by atoms with van der Waals surface area (Å²) in [7, 11) is -4.85. The lowest BCUT2D eigenvalue weighted by Gasteiger charge is -2.17. The monoisotopic (exact) mass is 324 g/mol. The fraction of sp³-hybridized carbons (Fsp3) is 0.533. The van der Waals surface area contributed by atoms with E-state index in [-0.39, 0.29) is 4.90 Å². The zero-order valence-corrected chi connectivity index (χ0v) is 15.0. The van der Waals surface area contributed by atoms with Crippen LogP contribution in [0.2, 0.25) is 25.7 Å². The van der Waals surface area contributed by atoms with E-state index in [0.29, 0.717) is 5.92 Å². The summed E-state index contributed by atoms with van der Waals surface area (Å²) in [6, 6.07) is 7.77. The largest absolute Gasteiger partial charge is 0.276 e. The molecule has 2 rings (SSSR count). The molecule has 21 heavy (non-hydrogen) atoms. The third-order valence-electron chi connectivity index (χ3n) is 3.40. The van der Waals surface area contributed by atoms with E-state index in [9.17, 15) is 8.42 Å². The molecule has 1 aromatic carbocycles. The van der Waals surface area contributed by atoms with Crippen molar-refractivity contribution in [3.8, 4) is 0 Å². The third kappa shape index (κ3) is 4.96. The first-order valence-electron chi connectivity index (χ1n) is 7.32. The Hall–Kier alpha value is -1.14. The average molecular weight is 325 g/mol. The van der Waals surface area contributed by atoms with Gasteiger partial charge in [0.1, 0.15) is 0 Å². The molecule has 1 aromatic rings. The summed E-state index contributed by atoms with van der Waals surface area (Å²) in [4.78, 5) is 2.69. The molecular formula is C15H24N2O2SSi. The molecule has 116 valence electrons. The predicted molar refractivity (Wildman–Crippen MR) is 89.8 cm³/mol. The maximum Gasteiger partial charge on any atom is 0.276 e. The van der Waals surface area contributed by atoms with Crippen LogP contribution in [0.5, 0.6) is 0 Å². The Kier molecular flexibility index (Phi) is 4.58. The molecule has 1 saturated carbocycles. The molecule has 1 N–H and O–H groups in total. The van der Waals surface area contributed by atoms with E-state index < -0.39 is 18.1 Å². The molecule has 1 fully saturated rings. The van der Waals surface area contributed by atoms with Gasteiger partial charge in [0, 0.05) is 5.71 Å². The lowest BCUT2D eigenvalue weighted by molar-refractivity contribution is 0.584. The molecular weight excluding hydrogens is 300 g/mol. The van der Waals surface area contributed by atoms with Crippen molar-refractivity contribution in [1.29, 1.82) is 0 Å². The lowest BCUT2D eigenvalue weighted by Crippen LogP contribution is -2.28. The molecule has 0 aliphatic heterocycles. The highest BCUT2D eigenvalue weighted by Crippen LogP contribution is 2.33. The molecule has 0 heterocycles. The van der Waals surface area contributed by atoms with Crippen LogP contribution in [0.1, 0.15) is 18.4 Å². The fourth-order valence-electron chi connectivity index (χ4n) is 2.12. The zero-order valence-electron chi connectivity index (χ0n) is 13.2. The van der Waals surface area contributed by atoms with Gasteiger partial charge in [-0.05, 0) is 43.9 Å². The molecule has 4 nitrogen and oxygen atoms in total. The van der Waals surface area contributed by atoms with Crippen LogP contribution in [0, 0.1) is 12.8 Å². The first-order chi connectivity index (χ1) is 9.67. The summed E-state index contributed by atoms with van der Waals surface area (Å²) in [6.07, 6.45) is 2.27. The first-order valence-corrected chi connectivity index (χ1v) is 12.5. The molecule has 1 aliphatic rings. The second-order valence-corrected chi connectivity index (χ2v) is 14.2. The van der Waals surface area contributed by atoms with Crippen molar-refractivity contribution in [2.24, 2.45) is 11.0 Å². The van der Waals surface area contributed by atoms with Gasteiger partial charge in [0.2, 0.25) is 0 Å². The summed E-state index contributed by atoms with van der Waals surface area (Å²) in [5.74, 6) is 0.484. The molecule has 0 unspecified atom stereocenters. The van der Waals surface area contributed by atoms with Gasteiger partial charge < -0.3 is 0 Å². The molecule has 0 aromatic heterocycles. The smallest absolute Gasteiger partial charge is 0.200 e. The van der Waals surface area contributed by atoms with Crippen molar-refractivity contribution in [3.63, 3.8) is 0 Å². The van der Waals surface area contributed by atoms with E-state index in [1.807, 2.05) is 6.92 Å². The summed E-state index contributed by atoms with van der Waals surface area (Å²) < 4.78 is 24.5. The standard InChI is InChI=1S/C15H24N2O2SSi/c1-12-5-9-14(10-6-12)20(18,19)17-16-15(13-7-8-13)11-21(2,3)4/h5-6,9-10,13,17H,7-8,11H2,1-4H3/b16-15+. The van der Waals surface area contributed by atoms with Crippen LogP contribution in [0.4, 0.5) is 0 Å². The average Bonchev–Trinajstić information content (AvgIpc) is 3.18.